The van der Waals surface area contributed by atoms with E-state index in [0.717, 1.165) is 97.2 Å². The van der Waals surface area contributed by atoms with Crippen LogP contribution in [0.2, 0.25) is 0 Å². The van der Waals surface area contributed by atoms with Crippen LogP contribution in [0.4, 0.5) is 0 Å². The van der Waals surface area contributed by atoms with Crippen molar-refractivity contribution in [2.24, 2.45) is 0 Å². The van der Waals surface area contributed by atoms with Crippen LogP contribution in [0.15, 0.2) is 65.3 Å². The summed E-state index contributed by atoms with van der Waals surface area (Å²) in [5.41, 5.74) is 5.83. The Hall–Kier alpha value is -4.20. The molecule has 1 unspecified atom stereocenters. The SMILES string of the molecule is CCC(C)(C)c1cc(OC)cc2c1op(O[C@H](C)C[C@@H](C)Op1oc3c(C(C)(C)CC)cc(OC)cc3c3cc(OC)cc(C(C)(C)CC)c3o1)oc1c(C(C)(C)C)cc(OC)cc12. The molecule has 0 radical (unpaired) electrons. The van der Waals surface area contributed by atoms with E-state index in [1.165, 1.54) is 0 Å². The maximum absolute atomic E-state index is 6.99. The van der Waals surface area contributed by atoms with Crippen LogP contribution in [0.3, 0.4) is 0 Å². The van der Waals surface area contributed by atoms with E-state index in [0.29, 0.717) is 17.6 Å². The fraction of sp³-hybridized carbons (Fsp3) is 0.538. The lowest BCUT2D eigenvalue weighted by molar-refractivity contribution is 0.184. The third-order valence-corrected chi connectivity index (χ3v) is 15.7. The van der Waals surface area contributed by atoms with E-state index in [1.807, 2.05) is 44.2 Å². The van der Waals surface area contributed by atoms with Crippen LogP contribution in [-0.4, -0.2) is 40.6 Å². The zero-order valence-corrected chi connectivity index (χ0v) is 43.4. The summed E-state index contributed by atoms with van der Waals surface area (Å²) in [6.45, 7) is 30.4. The Bertz CT molecular complexity index is 2630. The van der Waals surface area contributed by atoms with Crippen molar-refractivity contribution in [3.63, 3.8) is 0 Å². The van der Waals surface area contributed by atoms with Crippen molar-refractivity contribution in [3.05, 3.63) is 70.8 Å². The molecular weight excluding hydrogens is 847 g/mol. The number of hydrogen-bond donors (Lipinski definition) is 0. The summed E-state index contributed by atoms with van der Waals surface area (Å²) in [5, 5.41) is 3.47. The average Bonchev–Trinajstić information content (AvgIpc) is 3.50. The first-order valence-electron chi connectivity index (χ1n) is 22.6. The summed E-state index contributed by atoms with van der Waals surface area (Å²) < 4.78 is 65.2. The fourth-order valence-corrected chi connectivity index (χ4v) is 10.4. The van der Waals surface area contributed by atoms with E-state index in [2.05, 4.69) is 101 Å². The van der Waals surface area contributed by atoms with Gasteiger partial charge in [0, 0.05) is 50.2 Å². The van der Waals surface area contributed by atoms with Gasteiger partial charge in [0.25, 0.3) is 0 Å². The zero-order chi connectivity index (χ0) is 47.1. The Morgan fingerprint density at radius 2 is 0.672 bits per heavy atom. The lowest BCUT2D eigenvalue weighted by Gasteiger charge is -2.25. The molecule has 0 fully saturated rings. The molecule has 6 rings (SSSR count). The van der Waals surface area contributed by atoms with Crippen LogP contribution in [0.1, 0.15) is 145 Å². The van der Waals surface area contributed by atoms with E-state index in [4.69, 9.17) is 44.8 Å². The molecule has 2 aromatic heterocycles. The van der Waals surface area contributed by atoms with Crippen molar-refractivity contribution < 1.29 is 44.8 Å². The fourth-order valence-electron chi connectivity index (χ4n) is 7.98. The maximum Gasteiger partial charge on any atom is 0.387 e. The Morgan fingerprint density at radius 1 is 0.422 bits per heavy atom. The molecule has 0 aliphatic rings. The van der Waals surface area contributed by atoms with E-state index in [9.17, 15) is 0 Å². The van der Waals surface area contributed by atoms with Gasteiger partial charge in [-0.2, -0.15) is 0 Å². The molecule has 6 aromatic rings. The predicted molar refractivity (Wildman–Crippen MR) is 264 cm³/mol. The number of methoxy groups -OCH3 is 4. The Balaban J connectivity index is 1.52. The Labute approximate surface area is 382 Å². The second kappa shape index (κ2) is 19.0. The first kappa shape index (κ1) is 49.2. The monoisotopic (exact) mass is 918 g/mol. The molecule has 0 amide bonds. The van der Waals surface area contributed by atoms with Gasteiger partial charge in [0.2, 0.25) is 0 Å². The maximum atomic E-state index is 6.99. The van der Waals surface area contributed by atoms with Crippen LogP contribution >= 0.6 is 16.5 Å². The average molecular weight is 919 g/mol. The first-order valence-corrected chi connectivity index (χ1v) is 24.8. The molecule has 0 saturated carbocycles. The smallest absolute Gasteiger partial charge is 0.387 e. The van der Waals surface area contributed by atoms with Crippen molar-refractivity contribution >= 4 is 60.4 Å². The van der Waals surface area contributed by atoms with Gasteiger partial charge < -0.3 is 35.7 Å². The van der Waals surface area contributed by atoms with Gasteiger partial charge in [0.05, 0.1) is 40.6 Å². The van der Waals surface area contributed by atoms with Crippen LogP contribution in [0.25, 0.3) is 43.9 Å². The Morgan fingerprint density at radius 3 is 0.906 bits per heavy atom. The molecule has 0 N–H and O–H groups in total. The topological polar surface area (TPSA) is 108 Å². The number of fused-ring (bicyclic) bond motifs is 6. The molecule has 0 aliphatic heterocycles. The van der Waals surface area contributed by atoms with Gasteiger partial charge in [-0.1, -0.05) is 83.1 Å². The van der Waals surface area contributed by atoms with Crippen molar-refractivity contribution in [1.82, 2.24) is 0 Å². The quantitative estimate of drug-likeness (QED) is 0.0931. The summed E-state index contributed by atoms with van der Waals surface area (Å²) >= 11 is 0. The second-order valence-corrected chi connectivity index (χ2v) is 22.1. The number of hydrogen-bond acceptors (Lipinski definition) is 10. The summed E-state index contributed by atoms with van der Waals surface area (Å²) in [6, 6.07) is 16.4. The molecule has 350 valence electrons. The molecule has 0 bridgehead atoms. The van der Waals surface area contributed by atoms with Crippen molar-refractivity contribution in [1.29, 1.82) is 0 Å². The Kier molecular flexibility index (Phi) is 14.6. The molecule has 3 atom stereocenters. The minimum Gasteiger partial charge on any atom is -0.497 e. The molecule has 64 heavy (non-hydrogen) atoms. The summed E-state index contributed by atoms with van der Waals surface area (Å²) in [6.07, 6.45) is 2.39. The standard InChI is InChI=1S/C52H72O10P2/c1-19-50(9,10)42-28-34(54-16)24-38-37-23-33(53-15)27-41(49(6,7)8)45(37)59-63(60-46(38)42)57-31(4)22-32(5)58-64-61-47-39(25-35(55-17)29-43(47)51(11,12)20-2)40-26-36(56-18)30-44(48(40)62-64)52(13,14)21-3/h23-32H,19-22H2,1-18H3/t31-,32-,63?/m1/s1. The number of ether oxygens (including phenoxy) is 4. The van der Waals surface area contributed by atoms with Gasteiger partial charge in [-0.3, -0.25) is 9.05 Å². The molecule has 2 heterocycles. The van der Waals surface area contributed by atoms with Gasteiger partial charge in [0.15, 0.2) is 0 Å². The highest BCUT2D eigenvalue weighted by Crippen LogP contribution is 2.48. The molecule has 4 aromatic carbocycles. The van der Waals surface area contributed by atoms with E-state index >= 15 is 0 Å². The number of benzene rings is 4. The molecule has 0 aliphatic carbocycles. The number of rotatable bonds is 16. The molecule has 10 nitrogen and oxygen atoms in total. The summed E-state index contributed by atoms with van der Waals surface area (Å²) in [5.74, 6) is 2.95. The van der Waals surface area contributed by atoms with Crippen molar-refractivity contribution in [3.8, 4) is 23.0 Å². The summed E-state index contributed by atoms with van der Waals surface area (Å²) in [4.78, 5) is 0. The van der Waals surface area contributed by atoms with E-state index < -0.39 is 16.5 Å². The molecule has 12 heteroatoms. The lowest BCUT2D eigenvalue weighted by Crippen LogP contribution is -2.21. The van der Waals surface area contributed by atoms with Gasteiger partial charge in [-0.25, -0.2) is 0 Å². The molecule has 0 saturated heterocycles. The zero-order valence-electron chi connectivity index (χ0n) is 41.6. The van der Waals surface area contributed by atoms with Gasteiger partial charge in [-0.05, 0) is 103 Å². The van der Waals surface area contributed by atoms with E-state index in [1.54, 1.807) is 28.4 Å². The highest BCUT2D eigenvalue weighted by Gasteiger charge is 2.31. The third kappa shape index (κ3) is 9.96. The first-order chi connectivity index (χ1) is 30.0. The minimum absolute atomic E-state index is 0.253. The van der Waals surface area contributed by atoms with Crippen molar-refractivity contribution in [2.75, 3.05) is 28.4 Å². The van der Waals surface area contributed by atoms with Crippen LogP contribution in [0.5, 0.6) is 23.0 Å². The van der Waals surface area contributed by atoms with Crippen LogP contribution < -0.4 is 28.0 Å². The largest absolute Gasteiger partial charge is 0.497 e. The summed E-state index contributed by atoms with van der Waals surface area (Å²) in [7, 11) is 2.86. The van der Waals surface area contributed by atoms with Crippen molar-refractivity contribution in [2.45, 2.75) is 156 Å². The van der Waals surface area contributed by atoms with Gasteiger partial charge >= 0.3 is 16.5 Å². The van der Waals surface area contributed by atoms with E-state index in [-0.39, 0.29) is 33.9 Å². The predicted octanol–water partition coefficient (Wildman–Crippen LogP) is 16.0. The normalized spacial score (nSPS) is 14.0. The molecule has 0 spiro atoms. The van der Waals surface area contributed by atoms with Gasteiger partial charge in [0.1, 0.15) is 45.3 Å². The highest BCUT2D eigenvalue weighted by molar-refractivity contribution is 7.32. The lowest BCUT2D eigenvalue weighted by atomic mass is 9.80. The van der Waals surface area contributed by atoms with Gasteiger partial charge in [-0.15, -0.1) is 0 Å². The third-order valence-electron chi connectivity index (χ3n) is 13.3. The highest BCUT2D eigenvalue weighted by atomic mass is 31.1. The second-order valence-electron chi connectivity index (χ2n) is 20.0. The minimum atomic E-state index is -1.96. The molecular formula is C52H72O10P2. The van der Waals surface area contributed by atoms with Crippen LogP contribution in [0, 0.1) is 0 Å². The van der Waals surface area contributed by atoms with Crippen LogP contribution in [-0.2, 0) is 21.7 Å².